The summed E-state index contributed by atoms with van der Waals surface area (Å²) in [6, 6.07) is 9.53. The van der Waals surface area contributed by atoms with Gasteiger partial charge in [0.25, 0.3) is 5.91 Å². The van der Waals surface area contributed by atoms with E-state index in [1.54, 1.807) is 18.2 Å². The van der Waals surface area contributed by atoms with Gasteiger partial charge in [-0.05, 0) is 43.3 Å². The average molecular weight is 336 g/mol. The van der Waals surface area contributed by atoms with Crippen LogP contribution in [0.4, 0.5) is 18.9 Å². The maximum atomic E-state index is 12.7. The van der Waals surface area contributed by atoms with Crippen LogP contribution < -0.4 is 5.32 Å². The van der Waals surface area contributed by atoms with Gasteiger partial charge in [0.15, 0.2) is 0 Å². The molecule has 3 aromatic rings. The summed E-state index contributed by atoms with van der Waals surface area (Å²) in [5.74, 6) is -0.586. The average Bonchev–Trinajstić information content (AvgIpc) is 2.86. The number of hydrogen-bond acceptors (Lipinski definition) is 3. The Morgan fingerprint density at radius 3 is 2.70 bits per heavy atom. The van der Waals surface area contributed by atoms with Crippen LogP contribution in [0.25, 0.3) is 10.2 Å². The summed E-state index contributed by atoms with van der Waals surface area (Å²) in [6.07, 6.45) is -4.48. The topological polar surface area (TPSA) is 42.0 Å². The van der Waals surface area contributed by atoms with E-state index in [0.29, 0.717) is 5.69 Å². The number of amides is 1. The maximum absolute atomic E-state index is 12.7. The van der Waals surface area contributed by atoms with E-state index in [2.05, 4.69) is 10.3 Å². The third-order valence-corrected chi connectivity index (χ3v) is 4.14. The fraction of sp³-hybridized carbons (Fsp3) is 0.125. The maximum Gasteiger partial charge on any atom is 0.416 e. The fourth-order valence-electron chi connectivity index (χ4n) is 2.16. The summed E-state index contributed by atoms with van der Waals surface area (Å²) in [4.78, 5) is 16.5. The molecule has 7 heteroatoms. The molecule has 0 spiro atoms. The summed E-state index contributed by atoms with van der Waals surface area (Å²) in [6.45, 7) is 1.88. The molecule has 0 aliphatic rings. The molecule has 1 aromatic heterocycles. The van der Waals surface area contributed by atoms with Gasteiger partial charge in [0.2, 0.25) is 0 Å². The standard InChI is InChI=1S/C16H11F3N2OS/c1-9-20-13-6-5-12(8-14(13)23-9)21-15(22)10-3-2-4-11(7-10)16(17,18)19/h2-8H,1H3,(H,21,22). The van der Waals surface area contributed by atoms with Crippen molar-refractivity contribution in [3.05, 3.63) is 58.6 Å². The molecule has 0 unspecified atom stereocenters. The van der Waals surface area contributed by atoms with Crippen LogP contribution in [-0.2, 0) is 6.18 Å². The van der Waals surface area contributed by atoms with Gasteiger partial charge in [0.1, 0.15) is 0 Å². The van der Waals surface area contributed by atoms with E-state index in [1.807, 2.05) is 6.92 Å². The van der Waals surface area contributed by atoms with Gasteiger partial charge in [0, 0.05) is 11.3 Å². The first-order valence-corrected chi connectivity index (χ1v) is 7.50. The number of fused-ring (bicyclic) bond motifs is 1. The number of alkyl halides is 3. The molecule has 2 aromatic carbocycles. The van der Waals surface area contributed by atoms with Gasteiger partial charge in [-0.15, -0.1) is 11.3 Å². The summed E-state index contributed by atoms with van der Waals surface area (Å²) < 4.78 is 39.0. The van der Waals surface area contributed by atoms with E-state index in [0.717, 1.165) is 27.4 Å². The summed E-state index contributed by atoms with van der Waals surface area (Å²) in [5, 5.41) is 3.51. The highest BCUT2D eigenvalue weighted by Crippen LogP contribution is 2.30. The van der Waals surface area contributed by atoms with Gasteiger partial charge in [-0.3, -0.25) is 4.79 Å². The molecule has 0 aliphatic heterocycles. The minimum Gasteiger partial charge on any atom is -0.322 e. The highest BCUT2D eigenvalue weighted by molar-refractivity contribution is 7.18. The number of hydrogen-bond donors (Lipinski definition) is 1. The molecule has 3 nitrogen and oxygen atoms in total. The molecule has 0 aliphatic carbocycles. The summed E-state index contributed by atoms with van der Waals surface area (Å²) in [5.41, 5.74) is 0.451. The van der Waals surface area contributed by atoms with Gasteiger partial charge < -0.3 is 5.32 Å². The van der Waals surface area contributed by atoms with Gasteiger partial charge in [-0.2, -0.15) is 13.2 Å². The van der Waals surface area contributed by atoms with Gasteiger partial charge in [0.05, 0.1) is 20.8 Å². The molecular formula is C16H11F3N2OS. The van der Waals surface area contributed by atoms with Gasteiger partial charge in [-0.1, -0.05) is 6.07 Å². The first kappa shape index (κ1) is 15.5. The van der Waals surface area contributed by atoms with Gasteiger partial charge >= 0.3 is 6.18 Å². The third-order valence-electron chi connectivity index (χ3n) is 3.21. The van der Waals surface area contributed by atoms with Crippen molar-refractivity contribution in [1.82, 2.24) is 4.98 Å². The van der Waals surface area contributed by atoms with Crippen molar-refractivity contribution in [2.24, 2.45) is 0 Å². The van der Waals surface area contributed by atoms with Crippen LogP contribution in [0.15, 0.2) is 42.5 Å². The zero-order valence-corrected chi connectivity index (χ0v) is 12.8. The van der Waals surface area contributed by atoms with Crippen molar-refractivity contribution >= 4 is 33.1 Å². The largest absolute Gasteiger partial charge is 0.416 e. The molecule has 23 heavy (non-hydrogen) atoms. The molecular weight excluding hydrogens is 325 g/mol. The van der Waals surface area contributed by atoms with Crippen molar-refractivity contribution in [2.45, 2.75) is 13.1 Å². The molecule has 0 atom stereocenters. The zero-order chi connectivity index (χ0) is 16.6. The van der Waals surface area contributed by atoms with Crippen molar-refractivity contribution in [3.63, 3.8) is 0 Å². The van der Waals surface area contributed by atoms with E-state index in [1.165, 1.54) is 23.5 Å². The minimum atomic E-state index is -4.48. The Balaban J connectivity index is 1.85. The highest BCUT2D eigenvalue weighted by Gasteiger charge is 2.30. The Hall–Kier alpha value is -2.41. The van der Waals surface area contributed by atoms with Crippen molar-refractivity contribution in [1.29, 1.82) is 0 Å². The molecule has 118 valence electrons. The molecule has 0 saturated heterocycles. The van der Waals surface area contributed by atoms with Crippen LogP contribution in [0.1, 0.15) is 20.9 Å². The number of carbonyl (C=O) groups excluding carboxylic acids is 1. The van der Waals surface area contributed by atoms with Crippen LogP contribution in [0.5, 0.6) is 0 Å². The second-order valence-corrected chi connectivity index (χ2v) is 6.18. The summed E-state index contributed by atoms with van der Waals surface area (Å²) >= 11 is 1.48. The lowest BCUT2D eigenvalue weighted by Crippen LogP contribution is -2.13. The number of nitrogens with one attached hydrogen (secondary N) is 1. The van der Waals surface area contributed by atoms with E-state index in [4.69, 9.17) is 0 Å². The molecule has 0 fully saturated rings. The monoisotopic (exact) mass is 336 g/mol. The number of thiazole rings is 1. The second-order valence-electron chi connectivity index (χ2n) is 4.95. The lowest BCUT2D eigenvalue weighted by molar-refractivity contribution is -0.137. The van der Waals surface area contributed by atoms with E-state index < -0.39 is 17.6 Å². The van der Waals surface area contributed by atoms with Crippen LogP contribution in [0.2, 0.25) is 0 Å². The minimum absolute atomic E-state index is 0.0413. The lowest BCUT2D eigenvalue weighted by Gasteiger charge is -2.09. The van der Waals surface area contributed by atoms with E-state index in [-0.39, 0.29) is 5.56 Å². The van der Waals surface area contributed by atoms with E-state index in [9.17, 15) is 18.0 Å². The number of nitrogens with zero attached hydrogens (tertiary/aromatic N) is 1. The molecule has 3 rings (SSSR count). The van der Waals surface area contributed by atoms with Crippen LogP contribution in [0.3, 0.4) is 0 Å². The van der Waals surface area contributed by atoms with Crippen LogP contribution >= 0.6 is 11.3 Å². The Labute approximate surface area is 133 Å². The van der Waals surface area contributed by atoms with Crippen molar-refractivity contribution in [2.75, 3.05) is 5.32 Å². The summed E-state index contributed by atoms with van der Waals surface area (Å²) in [7, 11) is 0. The lowest BCUT2D eigenvalue weighted by atomic mass is 10.1. The number of rotatable bonds is 2. The SMILES string of the molecule is Cc1nc2ccc(NC(=O)c3cccc(C(F)(F)F)c3)cc2s1. The molecule has 1 heterocycles. The number of aromatic nitrogens is 1. The quantitative estimate of drug-likeness (QED) is 0.725. The van der Waals surface area contributed by atoms with E-state index >= 15 is 0 Å². The smallest absolute Gasteiger partial charge is 0.322 e. The predicted octanol–water partition coefficient (Wildman–Crippen LogP) is 4.88. The Bertz CT molecular complexity index is 886. The van der Waals surface area contributed by atoms with Crippen molar-refractivity contribution in [3.8, 4) is 0 Å². The fourth-order valence-corrected chi connectivity index (χ4v) is 3.02. The molecule has 1 N–H and O–H groups in total. The number of carbonyl (C=O) groups is 1. The number of aryl methyl sites for hydroxylation is 1. The molecule has 0 radical (unpaired) electrons. The van der Waals surface area contributed by atoms with Crippen molar-refractivity contribution < 1.29 is 18.0 Å². The number of halogens is 3. The number of anilines is 1. The normalized spacial score (nSPS) is 11.7. The molecule has 1 amide bonds. The first-order valence-electron chi connectivity index (χ1n) is 6.69. The Kier molecular flexibility index (Phi) is 3.81. The first-order chi connectivity index (χ1) is 10.8. The Morgan fingerprint density at radius 2 is 1.96 bits per heavy atom. The van der Waals surface area contributed by atoms with Gasteiger partial charge in [-0.25, -0.2) is 4.98 Å². The third kappa shape index (κ3) is 3.34. The van der Waals surface area contributed by atoms with Crippen LogP contribution in [0, 0.1) is 6.92 Å². The predicted molar refractivity (Wildman–Crippen MR) is 83.8 cm³/mol. The molecule has 0 saturated carbocycles. The zero-order valence-electron chi connectivity index (χ0n) is 11.9. The number of benzene rings is 2. The molecule has 0 bridgehead atoms. The highest BCUT2D eigenvalue weighted by atomic mass is 32.1. The van der Waals surface area contributed by atoms with Crippen LogP contribution in [-0.4, -0.2) is 10.9 Å². The second kappa shape index (κ2) is 5.66. The Morgan fingerprint density at radius 1 is 1.17 bits per heavy atom.